The third kappa shape index (κ3) is 6.79. The van der Waals surface area contributed by atoms with Crippen LogP contribution in [-0.2, 0) is 14.6 Å². The van der Waals surface area contributed by atoms with Crippen LogP contribution in [0.1, 0.15) is 20.8 Å². The van der Waals surface area contributed by atoms with E-state index in [1.807, 2.05) is 6.07 Å². The molecule has 0 atom stereocenters. The van der Waals surface area contributed by atoms with Crippen LogP contribution in [0.25, 0.3) is 10.9 Å². The molecule has 0 saturated carbocycles. The highest BCUT2D eigenvalue weighted by atomic mass is 32.2. The molecule has 1 aromatic heterocycles. The van der Waals surface area contributed by atoms with Gasteiger partial charge in [0, 0.05) is 31.1 Å². The van der Waals surface area contributed by atoms with Crippen molar-refractivity contribution in [3.05, 3.63) is 36.7 Å². The fourth-order valence-corrected chi connectivity index (χ4v) is 4.91. The van der Waals surface area contributed by atoms with Crippen molar-refractivity contribution in [2.24, 2.45) is 0 Å². The number of aromatic nitrogens is 2. The summed E-state index contributed by atoms with van der Waals surface area (Å²) in [5, 5.41) is 3.92. The summed E-state index contributed by atoms with van der Waals surface area (Å²) in [7, 11) is -0.275. The van der Waals surface area contributed by atoms with Crippen LogP contribution in [0, 0.1) is 0 Å². The molecule has 2 heterocycles. The second-order valence-electron chi connectivity index (χ2n) is 8.29. The summed E-state index contributed by atoms with van der Waals surface area (Å²) in [4.78, 5) is 11.3. The minimum atomic E-state index is -3.39. The molecule has 1 saturated heterocycles. The molecule has 37 heavy (non-hydrogen) atoms. The Morgan fingerprint density at radius 3 is 2.49 bits per heavy atom. The summed E-state index contributed by atoms with van der Waals surface area (Å²) in [6.45, 7) is 6.50. The summed E-state index contributed by atoms with van der Waals surface area (Å²) in [5.41, 5.74) is 1.14. The number of ether oxygens (including phenoxy) is 4. The number of fused-ring (bicyclic) bond motifs is 1. The zero-order chi connectivity index (χ0) is 25.5. The van der Waals surface area contributed by atoms with E-state index >= 15 is 0 Å². The molecule has 0 amide bonds. The van der Waals surface area contributed by atoms with E-state index in [-0.39, 0.29) is 18.1 Å². The maximum atomic E-state index is 12.4. The van der Waals surface area contributed by atoms with Crippen LogP contribution in [0.5, 0.6) is 17.2 Å². The summed E-state index contributed by atoms with van der Waals surface area (Å²) in [6.07, 6.45) is 2.31. The predicted octanol–water partition coefficient (Wildman–Crippen LogP) is 3.92. The highest BCUT2D eigenvalue weighted by Crippen LogP contribution is 2.36. The van der Waals surface area contributed by atoms with E-state index < -0.39 is 9.84 Å². The molecule has 0 radical (unpaired) electrons. The van der Waals surface area contributed by atoms with Crippen molar-refractivity contribution in [1.29, 1.82) is 0 Å². The average molecular weight is 533 g/mol. The van der Waals surface area contributed by atoms with E-state index in [0.717, 1.165) is 39.3 Å². The van der Waals surface area contributed by atoms with E-state index in [1.54, 1.807) is 32.2 Å². The van der Waals surface area contributed by atoms with Gasteiger partial charge in [-0.1, -0.05) is 14.4 Å². The Hall–Kier alpha value is -3.15. The third-order valence-corrected chi connectivity index (χ3v) is 7.80. The lowest BCUT2D eigenvalue weighted by molar-refractivity contribution is 0.0357. The summed E-state index contributed by atoms with van der Waals surface area (Å²) in [5.74, 6) is 2.14. The Morgan fingerprint density at radius 1 is 1.03 bits per heavy atom. The van der Waals surface area contributed by atoms with Crippen LogP contribution >= 0.6 is 0 Å². The van der Waals surface area contributed by atoms with Gasteiger partial charge in [0.25, 0.3) is 0 Å². The van der Waals surface area contributed by atoms with Crippen molar-refractivity contribution in [3.63, 3.8) is 0 Å². The first kappa shape index (κ1) is 28.4. The van der Waals surface area contributed by atoms with Crippen molar-refractivity contribution in [3.8, 4) is 17.2 Å². The summed E-state index contributed by atoms with van der Waals surface area (Å²) in [6, 6.07) is 8.35. The number of hydrogen-bond acceptors (Lipinski definition) is 10. The summed E-state index contributed by atoms with van der Waals surface area (Å²) >= 11 is 0. The van der Waals surface area contributed by atoms with Crippen LogP contribution in [-0.4, -0.2) is 82.7 Å². The van der Waals surface area contributed by atoms with E-state index in [0.29, 0.717) is 46.3 Å². The van der Waals surface area contributed by atoms with E-state index in [2.05, 4.69) is 20.2 Å². The van der Waals surface area contributed by atoms with Gasteiger partial charge in [0.1, 0.15) is 17.9 Å². The van der Waals surface area contributed by atoms with Gasteiger partial charge >= 0.3 is 0 Å². The quantitative estimate of drug-likeness (QED) is 0.365. The minimum absolute atomic E-state index is 0. The van der Waals surface area contributed by atoms with Gasteiger partial charge in [-0.15, -0.1) is 0 Å². The normalized spacial score (nSPS) is 14.1. The van der Waals surface area contributed by atoms with Gasteiger partial charge in [0.05, 0.1) is 55.9 Å². The molecule has 0 spiro atoms. The number of benzene rings is 2. The Balaban J connectivity index is 0.00000380. The molecule has 2 aromatic carbocycles. The minimum Gasteiger partial charge on any atom is -0.495 e. The number of anilines is 2. The molecule has 11 heteroatoms. The molecule has 0 bridgehead atoms. The fraction of sp³-hybridized carbons (Fsp3) is 0.462. The largest absolute Gasteiger partial charge is 0.495 e. The first-order valence-corrected chi connectivity index (χ1v) is 13.5. The number of methoxy groups -OCH3 is 2. The smallest absolute Gasteiger partial charge is 0.178 e. The van der Waals surface area contributed by atoms with E-state index in [4.69, 9.17) is 18.9 Å². The first-order valence-electron chi connectivity index (χ1n) is 11.9. The number of rotatable bonds is 11. The highest BCUT2D eigenvalue weighted by Gasteiger charge is 2.17. The molecule has 0 unspecified atom stereocenters. The lowest BCUT2D eigenvalue weighted by atomic mass is 10.2. The molecular formula is C26H36N4O6S. The van der Waals surface area contributed by atoms with Gasteiger partial charge in [-0.3, -0.25) is 4.90 Å². The fourth-order valence-electron chi connectivity index (χ4n) is 4.00. The van der Waals surface area contributed by atoms with Gasteiger partial charge in [0.2, 0.25) is 0 Å². The van der Waals surface area contributed by atoms with Crippen molar-refractivity contribution in [1.82, 2.24) is 14.9 Å². The van der Waals surface area contributed by atoms with Crippen LogP contribution in [0.4, 0.5) is 11.5 Å². The molecule has 10 nitrogen and oxygen atoms in total. The molecular weight excluding hydrogens is 496 g/mol. The Bertz CT molecular complexity index is 1300. The van der Waals surface area contributed by atoms with E-state index in [1.165, 1.54) is 19.5 Å². The van der Waals surface area contributed by atoms with Gasteiger partial charge in [-0.25, -0.2) is 18.4 Å². The van der Waals surface area contributed by atoms with Gasteiger partial charge < -0.3 is 24.3 Å². The zero-order valence-electron chi connectivity index (χ0n) is 20.8. The maximum absolute atomic E-state index is 12.4. The predicted molar refractivity (Wildman–Crippen MR) is 144 cm³/mol. The van der Waals surface area contributed by atoms with Gasteiger partial charge in [-0.05, 0) is 30.7 Å². The lowest BCUT2D eigenvalue weighted by Crippen LogP contribution is -2.37. The monoisotopic (exact) mass is 532 g/mol. The molecule has 3 aromatic rings. The zero-order valence-corrected chi connectivity index (χ0v) is 21.6. The van der Waals surface area contributed by atoms with Gasteiger partial charge in [0.15, 0.2) is 21.3 Å². The SMILES string of the molecule is C.CCS(=O)(=O)c1ccc(OC)c(Nc2ncnc3cc(OC)c(OCCCN4CCOCC4)cc23)c1. The molecule has 1 aliphatic heterocycles. The second-order valence-corrected chi connectivity index (χ2v) is 10.6. The number of morpholine rings is 1. The average Bonchev–Trinajstić information content (AvgIpc) is 2.91. The highest BCUT2D eigenvalue weighted by molar-refractivity contribution is 7.91. The number of sulfone groups is 1. The van der Waals surface area contributed by atoms with Crippen LogP contribution in [0.2, 0.25) is 0 Å². The van der Waals surface area contributed by atoms with Crippen molar-refractivity contribution in [2.45, 2.75) is 25.7 Å². The number of nitrogens with one attached hydrogen (secondary N) is 1. The molecule has 4 rings (SSSR count). The van der Waals surface area contributed by atoms with E-state index in [9.17, 15) is 8.42 Å². The van der Waals surface area contributed by atoms with Gasteiger partial charge in [-0.2, -0.15) is 0 Å². The molecule has 1 N–H and O–H groups in total. The number of hydrogen-bond donors (Lipinski definition) is 1. The van der Waals surface area contributed by atoms with Crippen molar-refractivity contribution >= 4 is 32.2 Å². The second kappa shape index (κ2) is 12.9. The van der Waals surface area contributed by atoms with Crippen LogP contribution < -0.4 is 19.5 Å². The Kier molecular flexibility index (Phi) is 9.90. The molecule has 0 aliphatic carbocycles. The Labute approximate surface area is 218 Å². The topological polar surface area (TPSA) is 112 Å². The standard InChI is InChI=1S/C25H32N4O6S.CH4/c1-4-36(30,31)18-6-7-22(32-2)21(14-18)28-25-19-15-24(23(33-3)16-20(19)26-17-27-25)35-11-5-8-29-9-12-34-13-10-29;/h6-7,14-17H,4-5,8-13H2,1-3H3,(H,26,27,28);1H4. The van der Waals surface area contributed by atoms with Crippen LogP contribution in [0.3, 0.4) is 0 Å². The maximum Gasteiger partial charge on any atom is 0.178 e. The molecule has 202 valence electrons. The lowest BCUT2D eigenvalue weighted by Gasteiger charge is -2.26. The molecule has 1 aliphatic rings. The molecule has 1 fully saturated rings. The third-order valence-electron chi connectivity index (χ3n) is 6.06. The summed E-state index contributed by atoms with van der Waals surface area (Å²) < 4.78 is 47.3. The van der Waals surface area contributed by atoms with Crippen LogP contribution in [0.15, 0.2) is 41.6 Å². The Morgan fingerprint density at radius 2 is 1.78 bits per heavy atom. The first-order chi connectivity index (χ1) is 17.4. The number of nitrogens with zero attached hydrogens (tertiary/aromatic N) is 3. The van der Waals surface area contributed by atoms with Crippen molar-refractivity contribution < 1.29 is 27.4 Å². The van der Waals surface area contributed by atoms with Crippen molar-refractivity contribution in [2.75, 3.05) is 64.7 Å².